The Morgan fingerprint density at radius 1 is 1.45 bits per heavy atom. The van der Waals surface area contributed by atoms with Gasteiger partial charge in [-0.25, -0.2) is 0 Å². The predicted octanol–water partition coefficient (Wildman–Crippen LogP) is 4.31. The monoisotopic (exact) mass is 358 g/mol. The molecule has 2 nitrogen and oxygen atoms in total. The summed E-state index contributed by atoms with van der Waals surface area (Å²) >= 11 is 9.72. The van der Waals surface area contributed by atoms with Crippen LogP contribution in [0.3, 0.4) is 0 Å². The lowest BCUT2D eigenvalue weighted by molar-refractivity contribution is 0.163. The largest absolute Gasteiger partial charge is 0.314 e. The molecule has 1 heterocycles. The third-order valence-electron chi connectivity index (χ3n) is 3.82. The summed E-state index contributed by atoms with van der Waals surface area (Å²) in [5, 5.41) is 4.38. The van der Waals surface area contributed by atoms with Gasteiger partial charge in [0, 0.05) is 28.6 Å². The molecule has 1 aromatic carbocycles. The SMILES string of the molecule is CC(C)NCC1CCCN(Cc2cc(Cl)ccc2Br)C1. The molecule has 112 valence electrons. The summed E-state index contributed by atoms with van der Waals surface area (Å²) < 4.78 is 1.16. The summed E-state index contributed by atoms with van der Waals surface area (Å²) in [5.41, 5.74) is 1.29. The lowest BCUT2D eigenvalue weighted by Gasteiger charge is -2.33. The van der Waals surface area contributed by atoms with Gasteiger partial charge >= 0.3 is 0 Å². The molecule has 1 aromatic rings. The van der Waals surface area contributed by atoms with Gasteiger partial charge in [-0.05, 0) is 55.6 Å². The number of likely N-dealkylation sites (tertiary alicyclic amines) is 1. The van der Waals surface area contributed by atoms with Gasteiger partial charge in [0.05, 0.1) is 0 Å². The molecule has 1 atom stereocenters. The molecule has 0 aliphatic carbocycles. The highest BCUT2D eigenvalue weighted by Crippen LogP contribution is 2.25. The van der Waals surface area contributed by atoms with E-state index in [1.165, 1.54) is 31.5 Å². The second kappa shape index (κ2) is 7.79. The molecule has 2 rings (SSSR count). The zero-order valence-electron chi connectivity index (χ0n) is 12.3. The second-order valence-corrected chi connectivity index (χ2v) is 7.33. The van der Waals surface area contributed by atoms with Crippen molar-refractivity contribution in [3.8, 4) is 0 Å². The van der Waals surface area contributed by atoms with Crippen LogP contribution in [0.4, 0.5) is 0 Å². The van der Waals surface area contributed by atoms with Crippen molar-refractivity contribution in [2.24, 2.45) is 5.92 Å². The first-order valence-electron chi connectivity index (χ1n) is 7.44. The van der Waals surface area contributed by atoms with E-state index < -0.39 is 0 Å². The molecule has 1 fully saturated rings. The summed E-state index contributed by atoms with van der Waals surface area (Å²) in [7, 11) is 0. The minimum Gasteiger partial charge on any atom is -0.314 e. The fraction of sp³-hybridized carbons (Fsp3) is 0.625. The van der Waals surface area contributed by atoms with E-state index in [-0.39, 0.29) is 0 Å². The minimum atomic E-state index is 0.576. The molecule has 20 heavy (non-hydrogen) atoms. The molecule has 1 unspecified atom stereocenters. The predicted molar refractivity (Wildman–Crippen MR) is 90.3 cm³/mol. The molecule has 0 bridgehead atoms. The number of piperidine rings is 1. The number of hydrogen-bond acceptors (Lipinski definition) is 2. The van der Waals surface area contributed by atoms with Crippen LogP contribution in [0.2, 0.25) is 5.02 Å². The standard InChI is InChI=1S/C16H24BrClN2/c1-12(2)19-9-13-4-3-7-20(10-13)11-14-8-15(18)5-6-16(14)17/h5-6,8,12-13,19H,3-4,7,9-11H2,1-2H3. The van der Waals surface area contributed by atoms with Crippen molar-refractivity contribution in [2.45, 2.75) is 39.3 Å². The second-order valence-electron chi connectivity index (χ2n) is 6.04. The Balaban J connectivity index is 1.90. The first-order valence-corrected chi connectivity index (χ1v) is 8.61. The van der Waals surface area contributed by atoms with Crippen LogP contribution in [0.25, 0.3) is 0 Å². The Bertz CT molecular complexity index is 436. The highest BCUT2D eigenvalue weighted by molar-refractivity contribution is 9.10. The first-order chi connectivity index (χ1) is 9.54. The summed E-state index contributed by atoms with van der Waals surface area (Å²) in [4.78, 5) is 2.55. The van der Waals surface area contributed by atoms with E-state index >= 15 is 0 Å². The van der Waals surface area contributed by atoms with Gasteiger partial charge in [-0.3, -0.25) is 4.90 Å². The van der Waals surface area contributed by atoms with Gasteiger partial charge < -0.3 is 5.32 Å². The third kappa shape index (κ3) is 5.03. The smallest absolute Gasteiger partial charge is 0.0410 e. The van der Waals surface area contributed by atoms with Gasteiger partial charge in [-0.15, -0.1) is 0 Å². The van der Waals surface area contributed by atoms with E-state index in [0.717, 1.165) is 28.5 Å². The number of rotatable bonds is 5. The highest BCUT2D eigenvalue weighted by Gasteiger charge is 2.20. The van der Waals surface area contributed by atoms with Crippen molar-refractivity contribution in [1.82, 2.24) is 10.2 Å². The fourth-order valence-electron chi connectivity index (χ4n) is 2.77. The van der Waals surface area contributed by atoms with E-state index in [4.69, 9.17) is 11.6 Å². The molecular weight excluding hydrogens is 336 g/mol. The van der Waals surface area contributed by atoms with Crippen molar-refractivity contribution >= 4 is 27.5 Å². The Hall–Kier alpha value is -0.0900. The van der Waals surface area contributed by atoms with Crippen LogP contribution in [0.5, 0.6) is 0 Å². The zero-order chi connectivity index (χ0) is 14.5. The van der Waals surface area contributed by atoms with Gasteiger partial charge in [0.15, 0.2) is 0 Å². The van der Waals surface area contributed by atoms with Gasteiger partial charge in [0.2, 0.25) is 0 Å². The van der Waals surface area contributed by atoms with Crippen LogP contribution in [0.1, 0.15) is 32.3 Å². The molecule has 0 saturated carbocycles. The molecule has 0 spiro atoms. The third-order valence-corrected chi connectivity index (χ3v) is 4.83. The summed E-state index contributed by atoms with van der Waals surface area (Å²) in [6.45, 7) is 8.91. The number of nitrogens with one attached hydrogen (secondary N) is 1. The van der Waals surface area contributed by atoms with Crippen molar-refractivity contribution < 1.29 is 0 Å². The fourth-order valence-corrected chi connectivity index (χ4v) is 3.34. The lowest BCUT2D eigenvalue weighted by Crippen LogP contribution is -2.40. The average Bonchev–Trinajstić information content (AvgIpc) is 2.41. The quantitative estimate of drug-likeness (QED) is 0.842. The van der Waals surface area contributed by atoms with Crippen LogP contribution in [-0.2, 0) is 6.54 Å². The molecule has 1 aliphatic rings. The van der Waals surface area contributed by atoms with Gasteiger partial charge in [-0.1, -0.05) is 41.4 Å². The molecule has 1 aliphatic heterocycles. The topological polar surface area (TPSA) is 15.3 Å². The highest BCUT2D eigenvalue weighted by atomic mass is 79.9. The average molecular weight is 360 g/mol. The maximum atomic E-state index is 6.10. The minimum absolute atomic E-state index is 0.576. The number of nitrogens with zero attached hydrogens (tertiary/aromatic N) is 1. The van der Waals surface area contributed by atoms with Crippen molar-refractivity contribution in [2.75, 3.05) is 19.6 Å². The Morgan fingerprint density at radius 3 is 3.00 bits per heavy atom. The maximum absolute atomic E-state index is 6.10. The summed E-state index contributed by atoms with van der Waals surface area (Å²) in [6, 6.07) is 6.62. The van der Waals surface area contributed by atoms with E-state index in [2.05, 4.69) is 46.1 Å². The Morgan fingerprint density at radius 2 is 2.25 bits per heavy atom. The van der Waals surface area contributed by atoms with Crippen LogP contribution >= 0.6 is 27.5 Å². The van der Waals surface area contributed by atoms with E-state index in [9.17, 15) is 0 Å². The zero-order valence-corrected chi connectivity index (χ0v) is 14.7. The molecule has 0 aromatic heterocycles. The van der Waals surface area contributed by atoms with Crippen molar-refractivity contribution in [3.05, 3.63) is 33.3 Å². The maximum Gasteiger partial charge on any atom is 0.0410 e. The number of hydrogen-bond donors (Lipinski definition) is 1. The van der Waals surface area contributed by atoms with E-state index in [0.29, 0.717) is 6.04 Å². The van der Waals surface area contributed by atoms with Crippen LogP contribution in [0.15, 0.2) is 22.7 Å². The van der Waals surface area contributed by atoms with E-state index in [1.807, 2.05) is 12.1 Å². The van der Waals surface area contributed by atoms with Crippen molar-refractivity contribution in [3.63, 3.8) is 0 Å². The van der Waals surface area contributed by atoms with Crippen LogP contribution in [-0.4, -0.2) is 30.6 Å². The van der Waals surface area contributed by atoms with Crippen molar-refractivity contribution in [1.29, 1.82) is 0 Å². The Kier molecular flexibility index (Phi) is 6.34. The molecule has 1 N–H and O–H groups in total. The molecule has 1 saturated heterocycles. The van der Waals surface area contributed by atoms with E-state index in [1.54, 1.807) is 0 Å². The summed E-state index contributed by atoms with van der Waals surface area (Å²) in [6.07, 6.45) is 2.63. The first kappa shape index (κ1) is 16.3. The van der Waals surface area contributed by atoms with Crippen LogP contribution in [0, 0.1) is 5.92 Å². The van der Waals surface area contributed by atoms with Crippen LogP contribution < -0.4 is 5.32 Å². The molecule has 0 radical (unpaired) electrons. The Labute approximate surface area is 136 Å². The van der Waals surface area contributed by atoms with Gasteiger partial charge in [0.1, 0.15) is 0 Å². The normalized spacial score (nSPS) is 20.6. The van der Waals surface area contributed by atoms with Gasteiger partial charge in [0.25, 0.3) is 0 Å². The molecular formula is C16H24BrClN2. The van der Waals surface area contributed by atoms with Gasteiger partial charge in [-0.2, -0.15) is 0 Å². The lowest BCUT2D eigenvalue weighted by atomic mass is 9.97. The number of halogens is 2. The molecule has 0 amide bonds. The number of benzene rings is 1. The summed E-state index contributed by atoms with van der Waals surface area (Å²) in [5.74, 6) is 0.768. The molecule has 4 heteroatoms.